The number of ether oxygens (including phenoxy) is 5. The lowest BCUT2D eigenvalue weighted by atomic mass is 9.87. The molecule has 0 spiro atoms. The second-order valence-corrected chi connectivity index (χ2v) is 7.48. The molecular formula is C22H31N3O6. The number of rotatable bonds is 10. The van der Waals surface area contributed by atoms with E-state index < -0.39 is 5.97 Å². The van der Waals surface area contributed by atoms with Gasteiger partial charge in [-0.1, -0.05) is 19.3 Å². The number of aromatic nitrogens is 2. The molecule has 170 valence electrons. The summed E-state index contributed by atoms with van der Waals surface area (Å²) in [6.07, 6.45) is 6.05. The van der Waals surface area contributed by atoms with Crippen molar-refractivity contribution >= 4 is 17.5 Å². The Hall–Kier alpha value is -2.78. The molecule has 1 aliphatic rings. The van der Waals surface area contributed by atoms with Crippen LogP contribution in [0.3, 0.4) is 0 Å². The Bertz CT molecular complexity index is 876. The number of hydrogen-bond donors (Lipinski definition) is 1. The van der Waals surface area contributed by atoms with Gasteiger partial charge in [-0.3, -0.25) is 4.68 Å². The van der Waals surface area contributed by atoms with Crippen LogP contribution >= 0.6 is 0 Å². The molecule has 2 aromatic rings. The van der Waals surface area contributed by atoms with E-state index in [1.807, 2.05) is 13.1 Å². The molecular weight excluding hydrogens is 402 g/mol. The summed E-state index contributed by atoms with van der Waals surface area (Å²) in [7, 11) is 6.24. The molecule has 0 amide bonds. The van der Waals surface area contributed by atoms with Crippen LogP contribution in [0.15, 0.2) is 18.2 Å². The fourth-order valence-corrected chi connectivity index (χ4v) is 3.79. The molecule has 0 saturated heterocycles. The number of benzene rings is 1. The van der Waals surface area contributed by atoms with E-state index in [-0.39, 0.29) is 24.9 Å². The van der Waals surface area contributed by atoms with Crippen molar-refractivity contribution < 1.29 is 28.5 Å². The van der Waals surface area contributed by atoms with Crippen LogP contribution in [0.25, 0.3) is 0 Å². The Kier molecular flexibility index (Phi) is 8.13. The maximum absolute atomic E-state index is 12.6. The standard InChI is InChI=1S/C22H31N3O6/c1-25-20(12-17(24-25)15-8-6-5-7-9-15)23-18-10-16(30-13-27-2)11-19(31-14-28-3)21(18)22(26)29-4/h10-12,15,23H,5-9,13-14H2,1-4H3. The number of anilines is 2. The first-order valence-electron chi connectivity index (χ1n) is 10.4. The molecule has 1 heterocycles. The molecule has 31 heavy (non-hydrogen) atoms. The zero-order valence-corrected chi connectivity index (χ0v) is 18.6. The SMILES string of the molecule is COCOc1cc(Nc2cc(C3CCCCC3)nn2C)c(C(=O)OC)c(OCOC)c1. The fourth-order valence-electron chi connectivity index (χ4n) is 3.79. The minimum absolute atomic E-state index is 0.0330. The van der Waals surface area contributed by atoms with Crippen molar-refractivity contribution in [1.29, 1.82) is 0 Å². The lowest BCUT2D eigenvalue weighted by Crippen LogP contribution is -2.12. The lowest BCUT2D eigenvalue weighted by Gasteiger charge is -2.19. The predicted octanol–water partition coefficient (Wildman–Crippen LogP) is 3.96. The van der Waals surface area contributed by atoms with Gasteiger partial charge in [0.1, 0.15) is 22.9 Å². The van der Waals surface area contributed by atoms with Crippen molar-refractivity contribution in [2.75, 3.05) is 40.2 Å². The van der Waals surface area contributed by atoms with E-state index >= 15 is 0 Å². The summed E-state index contributed by atoms with van der Waals surface area (Å²) in [6, 6.07) is 5.35. The van der Waals surface area contributed by atoms with Crippen LogP contribution in [0, 0.1) is 0 Å². The van der Waals surface area contributed by atoms with Crippen LogP contribution in [0.1, 0.15) is 54.1 Å². The average molecular weight is 434 g/mol. The maximum atomic E-state index is 12.6. The van der Waals surface area contributed by atoms with E-state index in [1.54, 1.807) is 16.8 Å². The Morgan fingerprint density at radius 2 is 1.77 bits per heavy atom. The lowest BCUT2D eigenvalue weighted by molar-refractivity contribution is 0.0436. The van der Waals surface area contributed by atoms with Gasteiger partial charge in [-0.15, -0.1) is 0 Å². The number of esters is 1. The van der Waals surface area contributed by atoms with Gasteiger partial charge in [-0.05, 0) is 12.8 Å². The van der Waals surface area contributed by atoms with Crippen LogP contribution < -0.4 is 14.8 Å². The number of nitrogens with one attached hydrogen (secondary N) is 1. The van der Waals surface area contributed by atoms with Crippen LogP contribution in [-0.4, -0.2) is 50.7 Å². The molecule has 0 atom stereocenters. The Morgan fingerprint density at radius 3 is 2.45 bits per heavy atom. The highest BCUT2D eigenvalue weighted by atomic mass is 16.7. The molecule has 1 N–H and O–H groups in total. The van der Waals surface area contributed by atoms with Crippen molar-refractivity contribution in [1.82, 2.24) is 9.78 Å². The van der Waals surface area contributed by atoms with Crippen LogP contribution in [-0.2, 0) is 21.3 Å². The molecule has 1 fully saturated rings. The highest BCUT2D eigenvalue weighted by molar-refractivity contribution is 6.00. The third-order valence-corrected chi connectivity index (χ3v) is 5.33. The zero-order chi connectivity index (χ0) is 22.2. The van der Waals surface area contributed by atoms with E-state index in [0.29, 0.717) is 17.4 Å². The van der Waals surface area contributed by atoms with Gasteiger partial charge in [0, 0.05) is 45.4 Å². The number of aryl methyl sites for hydroxylation is 1. The molecule has 0 bridgehead atoms. The summed E-state index contributed by atoms with van der Waals surface area (Å²) >= 11 is 0. The Labute approximate surface area is 182 Å². The average Bonchev–Trinajstić information content (AvgIpc) is 3.16. The molecule has 9 nitrogen and oxygen atoms in total. The van der Waals surface area contributed by atoms with Gasteiger partial charge >= 0.3 is 5.97 Å². The summed E-state index contributed by atoms with van der Waals surface area (Å²) in [5.41, 5.74) is 1.78. The summed E-state index contributed by atoms with van der Waals surface area (Å²) < 4.78 is 28.0. The Morgan fingerprint density at radius 1 is 1.06 bits per heavy atom. The number of methoxy groups -OCH3 is 3. The number of hydrogen-bond acceptors (Lipinski definition) is 8. The quantitative estimate of drug-likeness (QED) is 0.445. The molecule has 0 aliphatic heterocycles. The molecule has 3 rings (SSSR count). The van der Waals surface area contributed by atoms with Crippen molar-refractivity contribution in [3.8, 4) is 11.5 Å². The van der Waals surface area contributed by atoms with E-state index in [0.717, 1.165) is 24.4 Å². The molecule has 9 heteroatoms. The van der Waals surface area contributed by atoms with Crippen LogP contribution in [0.5, 0.6) is 11.5 Å². The van der Waals surface area contributed by atoms with Gasteiger partial charge in [-0.2, -0.15) is 5.10 Å². The normalized spacial score (nSPS) is 14.3. The molecule has 1 aromatic heterocycles. The largest absolute Gasteiger partial charge is 0.467 e. The number of carbonyl (C=O) groups is 1. The first-order chi connectivity index (χ1) is 15.1. The summed E-state index contributed by atoms with van der Waals surface area (Å²) in [5, 5.41) is 8.01. The third kappa shape index (κ3) is 5.68. The summed E-state index contributed by atoms with van der Waals surface area (Å²) in [6.45, 7) is 0.0208. The van der Waals surface area contributed by atoms with Gasteiger partial charge in [0.05, 0.1) is 18.5 Å². The Balaban J connectivity index is 1.97. The van der Waals surface area contributed by atoms with Gasteiger partial charge in [-0.25, -0.2) is 4.79 Å². The van der Waals surface area contributed by atoms with Crippen molar-refractivity contribution in [2.24, 2.45) is 7.05 Å². The second kappa shape index (κ2) is 11.0. The maximum Gasteiger partial charge on any atom is 0.343 e. The first-order valence-corrected chi connectivity index (χ1v) is 10.4. The van der Waals surface area contributed by atoms with Crippen molar-refractivity contribution in [3.05, 3.63) is 29.5 Å². The number of carbonyl (C=O) groups excluding carboxylic acids is 1. The summed E-state index contributed by atoms with van der Waals surface area (Å²) in [5.74, 6) is 1.43. The number of nitrogens with zero attached hydrogens (tertiary/aromatic N) is 2. The van der Waals surface area contributed by atoms with Crippen LogP contribution in [0.2, 0.25) is 0 Å². The van der Waals surface area contributed by atoms with Gasteiger partial charge in [0.15, 0.2) is 13.6 Å². The van der Waals surface area contributed by atoms with E-state index in [4.69, 9.17) is 28.8 Å². The van der Waals surface area contributed by atoms with Gasteiger partial charge in [0.25, 0.3) is 0 Å². The minimum atomic E-state index is -0.540. The molecule has 1 aromatic carbocycles. The zero-order valence-electron chi connectivity index (χ0n) is 18.6. The molecule has 0 unspecified atom stereocenters. The molecule has 1 aliphatic carbocycles. The fraction of sp³-hybridized carbons (Fsp3) is 0.545. The van der Waals surface area contributed by atoms with E-state index in [1.165, 1.54) is 40.6 Å². The topological polar surface area (TPSA) is 93.1 Å². The minimum Gasteiger partial charge on any atom is -0.467 e. The van der Waals surface area contributed by atoms with Gasteiger partial charge < -0.3 is 29.0 Å². The van der Waals surface area contributed by atoms with Crippen LogP contribution in [0.4, 0.5) is 11.5 Å². The highest BCUT2D eigenvalue weighted by Crippen LogP contribution is 2.37. The predicted molar refractivity (Wildman–Crippen MR) is 115 cm³/mol. The van der Waals surface area contributed by atoms with E-state index in [2.05, 4.69) is 5.32 Å². The molecule has 1 saturated carbocycles. The summed E-state index contributed by atoms with van der Waals surface area (Å²) in [4.78, 5) is 12.6. The van der Waals surface area contributed by atoms with Gasteiger partial charge in [0.2, 0.25) is 0 Å². The highest BCUT2D eigenvalue weighted by Gasteiger charge is 2.24. The van der Waals surface area contributed by atoms with Crippen molar-refractivity contribution in [2.45, 2.75) is 38.0 Å². The second-order valence-electron chi connectivity index (χ2n) is 7.48. The third-order valence-electron chi connectivity index (χ3n) is 5.33. The van der Waals surface area contributed by atoms with Crippen molar-refractivity contribution in [3.63, 3.8) is 0 Å². The van der Waals surface area contributed by atoms with E-state index in [9.17, 15) is 4.79 Å². The molecule has 0 radical (unpaired) electrons. The smallest absolute Gasteiger partial charge is 0.343 e. The monoisotopic (exact) mass is 433 g/mol. The first kappa shape index (κ1) is 22.9.